The van der Waals surface area contributed by atoms with Gasteiger partial charge in [-0.25, -0.2) is 9.59 Å². The second-order valence-electron chi connectivity index (χ2n) is 31.8. The van der Waals surface area contributed by atoms with Gasteiger partial charge in [-0.15, -0.1) is 0 Å². The fourth-order valence-corrected chi connectivity index (χ4v) is 24.7. The van der Waals surface area contributed by atoms with Gasteiger partial charge in [-0.05, 0) is 216 Å². The lowest BCUT2D eigenvalue weighted by atomic mass is 9.40. The predicted molar refractivity (Wildman–Crippen MR) is 480 cm³/mol. The number of fused-ring (bicyclic) bond motifs is 2. The summed E-state index contributed by atoms with van der Waals surface area (Å²) in [6.45, 7) is 9.16. The largest absolute Gasteiger partial charge is 0.461 e. The van der Waals surface area contributed by atoms with Gasteiger partial charge in [-0.1, -0.05) is 204 Å². The van der Waals surface area contributed by atoms with Gasteiger partial charge in [0.05, 0.1) is 56.7 Å². The second kappa shape index (κ2) is 42.8. The number of ether oxygens (including phenoxy) is 3. The van der Waals surface area contributed by atoms with Gasteiger partial charge in [-0.2, -0.15) is 43.5 Å². The third-order valence-electron chi connectivity index (χ3n) is 21.8. The van der Waals surface area contributed by atoms with E-state index in [2.05, 4.69) is 312 Å². The molecule has 26 heteroatoms. The molecule has 6 bridgehead atoms. The van der Waals surface area contributed by atoms with Gasteiger partial charge in [-0.3, -0.25) is 4.18 Å². The number of esters is 2. The van der Waals surface area contributed by atoms with E-state index in [-0.39, 0.29) is 63.5 Å². The van der Waals surface area contributed by atoms with Crippen LogP contribution in [0.2, 0.25) is 0 Å². The number of aryl methyl sites for hydroxylation is 4. The molecule has 7 unspecified atom stereocenters. The van der Waals surface area contributed by atoms with Crippen molar-refractivity contribution >= 4 is 104 Å². The topological polar surface area (TPSA) is 125 Å². The van der Waals surface area contributed by atoms with E-state index in [4.69, 9.17) is 13.7 Å². The summed E-state index contributed by atoms with van der Waals surface area (Å²) < 4.78 is 144. The highest BCUT2D eigenvalue weighted by Crippen LogP contribution is 2.62. The Kier molecular flexibility index (Phi) is 33.5. The number of aliphatic hydroxyl groups is 1. The Morgan fingerprint density at radius 2 is 0.803 bits per heavy atom. The first-order valence-corrected chi connectivity index (χ1v) is 45.5. The molecule has 11 aromatic carbocycles. The molecule has 1 saturated heterocycles. The van der Waals surface area contributed by atoms with Crippen molar-refractivity contribution in [3.63, 3.8) is 0 Å². The summed E-state index contributed by atoms with van der Waals surface area (Å²) in [5.41, 5.74) is 4.76. The number of hydrogen-bond acceptors (Lipinski definition) is 9. The smallest absolute Gasteiger partial charge is 0.419 e. The van der Waals surface area contributed by atoms with Crippen LogP contribution in [-0.2, 0) is 77.4 Å². The van der Waals surface area contributed by atoms with E-state index in [9.17, 15) is 58.2 Å². The van der Waals surface area contributed by atoms with Crippen LogP contribution in [-0.4, -0.2) is 117 Å². The molecule has 1 aliphatic heterocycles. The highest BCUT2D eigenvalue weighted by Gasteiger charge is 2.66. The van der Waals surface area contributed by atoms with Crippen LogP contribution in [0.25, 0.3) is 10.8 Å². The highest BCUT2D eigenvalue weighted by molar-refractivity contribution is 7.97. The summed E-state index contributed by atoms with van der Waals surface area (Å²) in [6, 6.07) is 101. The molecule has 631 valence electrons. The molecule has 6 saturated carbocycles. The Labute approximate surface area is 727 Å². The number of carbonyl (C=O) groups excluding carboxylic acids is 2. The summed E-state index contributed by atoms with van der Waals surface area (Å²) in [5, 5.41) is 11.5. The standard InChI is InChI=1S/C21H21S.C19H17S.C18H15S.C14H12F4O.C14H20F2O3.C10H12F2O5S.B3H2.B2H2/c1-16-4-10-19(11-5-16)22(20-12-6-17(2)7-13-20)21-14-8-18(3)9-15-21;1-16-12-14-19(15-13-16)20(17-8-4-2-5-9-17)18-10-6-3-7-11-18;1-4-10-16(11-5-1)19(17-12-6-2-7-13-17)18-14-8-3-9-15-18;1-13(15,16)14(17,18)19-9-11-7-4-6-10-5-2-3-8-12(10)11;1-12(15,16)11(17)19-8-13-3-9-2-10(4-13)6-14(18,5-9)7-13;1-10(11,12)9(13)16-7-4-2-5-6(3-4)18(14,15)17-8(5)7;1-3-2;1-2/h4-15H,1-3H3;2-15H,1H3;1-15H;2-8H,9H2,1H3;9-10,18H,2-8H2,1H3;4-8H,2-3H2,1H3;1-2H;1-2H/q3*+1;;;;;. The molecule has 7 aliphatic rings. The van der Waals surface area contributed by atoms with Gasteiger partial charge >= 0.3 is 35.8 Å². The zero-order valence-electron chi connectivity index (χ0n) is 69.6. The van der Waals surface area contributed by atoms with Crippen molar-refractivity contribution in [3.8, 4) is 0 Å². The Morgan fingerprint density at radius 1 is 0.467 bits per heavy atom. The summed E-state index contributed by atoms with van der Waals surface area (Å²) in [4.78, 5) is 34.7. The van der Waals surface area contributed by atoms with Crippen molar-refractivity contribution in [2.75, 3.05) is 6.61 Å². The Bertz CT molecular complexity index is 4970. The lowest BCUT2D eigenvalue weighted by Gasteiger charge is -2.59. The van der Waals surface area contributed by atoms with E-state index < -0.39 is 75.6 Å². The first kappa shape index (κ1) is 95.5. The summed E-state index contributed by atoms with van der Waals surface area (Å²) >= 11 is 0. The molecule has 6 aliphatic carbocycles. The zero-order chi connectivity index (χ0) is 88.2. The van der Waals surface area contributed by atoms with Crippen LogP contribution in [0.15, 0.2) is 335 Å². The SMILES string of the molecule is CC(F)(F)C(=O)OC1C2CC3C1OS(=O)(=O)C3C2.CC(F)(F)C(=O)OCC12CC3CC(CC(O)(C3)C1)C2.CC(F)(F)C(F)(F)OCc1cccc2ccccc12.Cc1ccc([S+](c2ccc(C)cc2)c2ccc(C)cc2)cc1.Cc1ccc([S+](c2ccccc2)c2ccccc2)cc1.[BH][BH].[BH][B][BH].c1ccc([S+](c2ccccc2)c2ccccc2)cc1. The number of halogens is 8. The second-order valence-corrected chi connectivity index (χ2v) is 39.6. The maximum Gasteiger partial charge on any atom is 0.419 e. The van der Waals surface area contributed by atoms with Crippen LogP contribution in [0, 0.1) is 56.8 Å². The minimum atomic E-state index is -4.48. The van der Waals surface area contributed by atoms with Crippen LogP contribution in [0.3, 0.4) is 0 Å². The first-order valence-electron chi connectivity index (χ1n) is 40.3. The molecule has 1 heterocycles. The Morgan fingerprint density at radius 3 is 1.15 bits per heavy atom. The van der Waals surface area contributed by atoms with Crippen molar-refractivity contribution in [3.05, 3.63) is 319 Å². The molecule has 0 aromatic heterocycles. The zero-order valence-corrected chi connectivity index (χ0v) is 72.9. The molecule has 9 nitrogen and oxygen atoms in total. The molecule has 7 fully saturated rings. The van der Waals surface area contributed by atoms with Crippen molar-refractivity contribution in [1.82, 2.24) is 0 Å². The van der Waals surface area contributed by atoms with Crippen LogP contribution in [0.4, 0.5) is 35.1 Å². The average Bonchev–Trinajstić information content (AvgIpc) is 1.56. The van der Waals surface area contributed by atoms with Gasteiger partial charge in [0, 0.05) is 76.0 Å². The summed E-state index contributed by atoms with van der Waals surface area (Å²) in [7, 11) is 10.3. The summed E-state index contributed by atoms with van der Waals surface area (Å²) in [5.74, 6) is -13.8. The van der Waals surface area contributed by atoms with Gasteiger partial charge in [0.1, 0.15) is 12.2 Å². The predicted octanol–water partition coefficient (Wildman–Crippen LogP) is 20.4. The van der Waals surface area contributed by atoms with Gasteiger partial charge in [0.15, 0.2) is 44.1 Å². The van der Waals surface area contributed by atoms with E-state index >= 15 is 0 Å². The third kappa shape index (κ3) is 25.5. The Hall–Kier alpha value is -8.74. The molecule has 0 spiro atoms. The minimum absolute atomic E-state index is 0.0146. The number of rotatable bonds is 18. The maximum absolute atomic E-state index is 13.0. The normalized spacial score (nSPS) is 21.0. The van der Waals surface area contributed by atoms with Crippen LogP contribution < -0.4 is 0 Å². The third-order valence-corrected chi connectivity index (χ3v) is 30.2. The van der Waals surface area contributed by atoms with E-state index in [1.165, 1.54) is 73.4 Å². The lowest BCUT2D eigenvalue weighted by Crippen LogP contribution is -2.57. The van der Waals surface area contributed by atoms with Gasteiger partial charge in [0.2, 0.25) is 0 Å². The Balaban J connectivity index is 0.000000152. The van der Waals surface area contributed by atoms with E-state index in [1.54, 1.807) is 24.3 Å². The average molecular weight is 1730 g/mol. The lowest BCUT2D eigenvalue weighted by molar-refractivity contribution is -0.345. The number of alkyl halides is 8. The van der Waals surface area contributed by atoms with E-state index in [1.807, 2.05) is 18.2 Å². The quantitative estimate of drug-likeness (QED) is 0.0294. The van der Waals surface area contributed by atoms with Crippen molar-refractivity contribution < 1.29 is 76.6 Å². The molecule has 18 rings (SSSR count). The highest BCUT2D eigenvalue weighted by atomic mass is 32.2. The maximum atomic E-state index is 13.0. The van der Waals surface area contributed by atoms with Gasteiger partial charge in [0.25, 0.3) is 10.1 Å². The van der Waals surface area contributed by atoms with Crippen LogP contribution in [0.1, 0.15) is 100.0 Å². The van der Waals surface area contributed by atoms with Gasteiger partial charge < -0.3 is 19.3 Å². The molecule has 1 N–H and O–H groups in total. The molecule has 122 heavy (non-hydrogen) atoms. The fourth-order valence-electron chi connectivity index (χ4n) is 16.6. The minimum Gasteiger partial charge on any atom is -0.461 e. The summed E-state index contributed by atoms with van der Waals surface area (Å²) in [6.07, 6.45) is -0.0680. The molecule has 7 atom stereocenters. The monoisotopic (exact) mass is 1730 g/mol. The first-order chi connectivity index (χ1) is 58.0. The van der Waals surface area contributed by atoms with Crippen LogP contribution in [0.5, 0.6) is 0 Å². The van der Waals surface area contributed by atoms with E-state index in [0.29, 0.717) is 55.9 Å². The fraction of sp³-hybridized carbons (Fsp3) is 0.312. The number of benzene rings is 11. The molecule has 5 radical (unpaired) electrons. The van der Waals surface area contributed by atoms with Crippen molar-refractivity contribution in [2.24, 2.45) is 29.1 Å². The van der Waals surface area contributed by atoms with E-state index in [0.717, 1.165) is 37.5 Å². The van der Waals surface area contributed by atoms with Crippen LogP contribution >= 0.6 is 0 Å². The molecule has 11 aromatic rings. The number of hydrogen-bond donors (Lipinski definition) is 1. The molecular formula is C96H101B5F8O9S4+3. The van der Waals surface area contributed by atoms with Crippen molar-refractivity contribution in [2.45, 2.75) is 197 Å². The molecular weight excluding hydrogens is 1630 g/mol. The number of carbonyl (C=O) groups is 2. The van der Waals surface area contributed by atoms with Crippen molar-refractivity contribution in [1.29, 1.82) is 0 Å². The molecule has 0 amide bonds.